The van der Waals surface area contributed by atoms with Gasteiger partial charge >= 0.3 is 0 Å². The number of methoxy groups -OCH3 is 2. The number of amides is 1. The van der Waals surface area contributed by atoms with Gasteiger partial charge in [-0.15, -0.1) is 0 Å². The third-order valence-electron chi connectivity index (χ3n) is 7.66. The molecule has 0 fully saturated rings. The van der Waals surface area contributed by atoms with Crippen LogP contribution in [0.2, 0.25) is 0 Å². The number of hydrogen-bond acceptors (Lipinski definition) is 6. The maximum absolute atomic E-state index is 13.9. The summed E-state index contributed by atoms with van der Waals surface area (Å²) in [4.78, 5) is 15.9. The average molecular weight is 581 g/mol. The summed E-state index contributed by atoms with van der Waals surface area (Å²) in [5.74, 6) is 2.16. The highest BCUT2D eigenvalue weighted by molar-refractivity contribution is 7.89. The van der Waals surface area contributed by atoms with Crippen molar-refractivity contribution in [3.8, 4) is 17.2 Å². The Morgan fingerprint density at radius 3 is 2.12 bits per heavy atom. The predicted molar refractivity (Wildman–Crippen MR) is 160 cm³/mol. The molecule has 0 N–H and O–H groups in total. The maximum Gasteiger partial charge on any atom is 0.254 e. The van der Waals surface area contributed by atoms with Crippen LogP contribution in [-0.4, -0.2) is 64.0 Å². The van der Waals surface area contributed by atoms with Crippen LogP contribution in [0.1, 0.15) is 66.7 Å². The zero-order valence-corrected chi connectivity index (χ0v) is 25.5. The minimum absolute atomic E-state index is 0.170. The lowest BCUT2D eigenvalue weighted by molar-refractivity contribution is 0.0589. The van der Waals surface area contributed by atoms with Gasteiger partial charge in [-0.25, -0.2) is 8.42 Å². The molecule has 220 valence electrons. The zero-order valence-electron chi connectivity index (χ0n) is 24.7. The number of hydrogen-bond donors (Lipinski definition) is 0. The van der Waals surface area contributed by atoms with Crippen LogP contribution in [0.3, 0.4) is 0 Å². The van der Waals surface area contributed by atoms with Gasteiger partial charge in [0.25, 0.3) is 5.91 Å². The van der Waals surface area contributed by atoms with Crippen molar-refractivity contribution in [1.82, 2.24) is 9.21 Å². The summed E-state index contributed by atoms with van der Waals surface area (Å²) in [6, 6.07) is 17.7. The molecule has 9 heteroatoms. The third-order valence-corrected chi connectivity index (χ3v) is 9.73. The van der Waals surface area contributed by atoms with E-state index in [4.69, 9.17) is 14.2 Å². The van der Waals surface area contributed by atoms with Crippen LogP contribution in [0.15, 0.2) is 65.6 Å². The van der Waals surface area contributed by atoms with Crippen molar-refractivity contribution in [2.45, 2.75) is 51.0 Å². The van der Waals surface area contributed by atoms with Gasteiger partial charge in [-0.1, -0.05) is 39.8 Å². The van der Waals surface area contributed by atoms with E-state index in [1.807, 2.05) is 24.3 Å². The highest BCUT2D eigenvalue weighted by atomic mass is 32.2. The van der Waals surface area contributed by atoms with Crippen LogP contribution >= 0.6 is 0 Å². The van der Waals surface area contributed by atoms with Gasteiger partial charge < -0.3 is 19.1 Å². The first kappa shape index (κ1) is 30.4. The Bertz CT molecular complexity index is 1450. The summed E-state index contributed by atoms with van der Waals surface area (Å²) >= 11 is 0. The Kier molecular flexibility index (Phi) is 9.60. The fourth-order valence-electron chi connectivity index (χ4n) is 5.22. The molecule has 1 atom stereocenters. The lowest BCUT2D eigenvalue weighted by Crippen LogP contribution is -2.42. The van der Waals surface area contributed by atoms with Crippen molar-refractivity contribution in [1.29, 1.82) is 0 Å². The number of rotatable bonds is 11. The molecule has 0 aliphatic carbocycles. The second kappa shape index (κ2) is 13.0. The fourth-order valence-corrected chi connectivity index (χ4v) is 6.68. The maximum atomic E-state index is 13.9. The second-order valence-electron chi connectivity index (χ2n) is 10.3. The number of carbonyl (C=O) groups excluding carboxylic acids is 1. The van der Waals surface area contributed by atoms with Gasteiger partial charge in [-0.2, -0.15) is 4.31 Å². The SMILES string of the molecule is CCN(CC)S(=O)(=O)c1ccc(C(=O)N2CCc3cc(OC)c(OC)cc3C2COc2ccc(C(C)C)cc2)cc1. The number of ether oxygens (including phenoxy) is 3. The van der Waals surface area contributed by atoms with E-state index in [-0.39, 0.29) is 17.4 Å². The lowest BCUT2D eigenvalue weighted by Gasteiger charge is -2.37. The first-order valence-corrected chi connectivity index (χ1v) is 15.5. The molecule has 0 saturated heterocycles. The summed E-state index contributed by atoms with van der Waals surface area (Å²) in [6.45, 7) is 9.37. The Morgan fingerprint density at radius 2 is 1.56 bits per heavy atom. The number of fused-ring (bicyclic) bond motifs is 1. The molecule has 1 aliphatic heterocycles. The molecule has 1 heterocycles. The third kappa shape index (κ3) is 6.36. The summed E-state index contributed by atoms with van der Waals surface area (Å²) in [6.07, 6.45) is 0.634. The highest BCUT2D eigenvalue weighted by Gasteiger charge is 2.34. The summed E-state index contributed by atoms with van der Waals surface area (Å²) in [5, 5.41) is 0. The highest BCUT2D eigenvalue weighted by Crippen LogP contribution is 2.39. The summed E-state index contributed by atoms with van der Waals surface area (Å²) < 4.78 is 44.6. The van der Waals surface area contributed by atoms with Crippen molar-refractivity contribution in [3.05, 3.63) is 82.9 Å². The molecular weight excluding hydrogens is 540 g/mol. The molecule has 8 nitrogen and oxygen atoms in total. The van der Waals surface area contributed by atoms with Crippen LogP contribution in [0.5, 0.6) is 17.2 Å². The van der Waals surface area contributed by atoms with Crippen LogP contribution in [0.4, 0.5) is 0 Å². The van der Waals surface area contributed by atoms with Gasteiger partial charge in [-0.3, -0.25) is 4.79 Å². The van der Waals surface area contributed by atoms with Crippen molar-refractivity contribution >= 4 is 15.9 Å². The minimum atomic E-state index is -3.62. The van der Waals surface area contributed by atoms with Crippen molar-refractivity contribution < 1.29 is 27.4 Å². The Balaban J connectivity index is 1.66. The number of sulfonamides is 1. The van der Waals surface area contributed by atoms with Crippen molar-refractivity contribution in [2.75, 3.05) is 40.5 Å². The molecule has 1 aliphatic rings. The summed E-state index contributed by atoms with van der Waals surface area (Å²) in [7, 11) is -0.424. The van der Waals surface area contributed by atoms with E-state index in [1.165, 1.54) is 22.0 Å². The molecular formula is C32H40N2O6S. The van der Waals surface area contributed by atoms with E-state index in [0.29, 0.717) is 49.0 Å². The normalized spacial score (nSPS) is 15.1. The van der Waals surface area contributed by atoms with Gasteiger partial charge in [0, 0.05) is 25.2 Å². The first-order valence-electron chi connectivity index (χ1n) is 14.0. The van der Waals surface area contributed by atoms with E-state index >= 15 is 0 Å². The van der Waals surface area contributed by atoms with Crippen LogP contribution < -0.4 is 14.2 Å². The second-order valence-corrected chi connectivity index (χ2v) is 12.3. The molecule has 3 aromatic carbocycles. The van der Waals surface area contributed by atoms with Gasteiger partial charge in [0.1, 0.15) is 12.4 Å². The largest absolute Gasteiger partial charge is 0.493 e. The molecule has 0 saturated carbocycles. The molecule has 3 aromatic rings. The molecule has 0 bridgehead atoms. The fraction of sp³-hybridized carbons (Fsp3) is 0.406. The minimum Gasteiger partial charge on any atom is -0.493 e. The van der Waals surface area contributed by atoms with E-state index in [1.54, 1.807) is 45.1 Å². The van der Waals surface area contributed by atoms with Crippen LogP contribution in [0, 0.1) is 0 Å². The zero-order chi connectivity index (χ0) is 29.7. The smallest absolute Gasteiger partial charge is 0.254 e. The Hall–Kier alpha value is -3.56. The molecule has 0 spiro atoms. The van der Waals surface area contributed by atoms with E-state index in [2.05, 4.69) is 26.0 Å². The Labute approximate surface area is 243 Å². The van der Waals surface area contributed by atoms with Crippen molar-refractivity contribution in [3.63, 3.8) is 0 Å². The molecule has 1 amide bonds. The molecule has 1 unspecified atom stereocenters. The standard InChI is InChI=1S/C32H40N2O6S/c1-7-33(8-2)41(36,37)27-15-11-24(12-16-27)32(35)34-18-17-25-19-30(38-5)31(39-6)20-28(25)29(34)21-40-26-13-9-23(10-14-26)22(3)4/h9-16,19-20,22,29H,7-8,17-18,21H2,1-6H3. The Morgan fingerprint density at radius 1 is 0.951 bits per heavy atom. The average Bonchev–Trinajstić information content (AvgIpc) is 2.99. The van der Waals surface area contributed by atoms with Crippen LogP contribution in [-0.2, 0) is 16.4 Å². The monoisotopic (exact) mass is 580 g/mol. The predicted octanol–water partition coefficient (Wildman–Crippen LogP) is 5.68. The van der Waals surface area contributed by atoms with E-state index in [0.717, 1.165) is 16.9 Å². The van der Waals surface area contributed by atoms with E-state index < -0.39 is 16.1 Å². The molecule has 41 heavy (non-hydrogen) atoms. The molecule has 0 aromatic heterocycles. The van der Waals surface area contributed by atoms with E-state index in [9.17, 15) is 13.2 Å². The van der Waals surface area contributed by atoms with Gasteiger partial charge in [0.15, 0.2) is 11.5 Å². The van der Waals surface area contributed by atoms with Crippen LogP contribution in [0.25, 0.3) is 0 Å². The number of nitrogens with zero attached hydrogens (tertiary/aromatic N) is 2. The summed E-state index contributed by atoms with van der Waals surface area (Å²) in [5.41, 5.74) is 3.64. The van der Waals surface area contributed by atoms with Gasteiger partial charge in [0.05, 0.1) is 25.2 Å². The van der Waals surface area contributed by atoms with Gasteiger partial charge in [0.2, 0.25) is 10.0 Å². The lowest BCUT2D eigenvalue weighted by atomic mass is 9.91. The first-order chi connectivity index (χ1) is 19.6. The number of carbonyl (C=O) groups is 1. The quantitative estimate of drug-likeness (QED) is 0.290. The van der Waals surface area contributed by atoms with Gasteiger partial charge in [-0.05, 0) is 77.6 Å². The van der Waals surface area contributed by atoms with Crippen molar-refractivity contribution in [2.24, 2.45) is 0 Å². The number of benzene rings is 3. The topological polar surface area (TPSA) is 85.4 Å². The molecule has 0 radical (unpaired) electrons. The molecule has 4 rings (SSSR count).